The van der Waals surface area contributed by atoms with Crippen molar-refractivity contribution in [2.45, 2.75) is 40.2 Å². The molecular weight excluding hydrogens is 377 g/mol. The van der Waals surface area contributed by atoms with E-state index >= 15 is 0 Å². The van der Waals surface area contributed by atoms with Gasteiger partial charge in [0.2, 0.25) is 5.91 Å². The highest BCUT2D eigenvalue weighted by atomic mass is 19.1. The second-order valence-electron chi connectivity index (χ2n) is 8.16. The highest BCUT2D eigenvalue weighted by molar-refractivity contribution is 5.92. The molecule has 0 spiro atoms. The van der Waals surface area contributed by atoms with Gasteiger partial charge in [0.25, 0.3) is 0 Å². The van der Waals surface area contributed by atoms with E-state index in [1.165, 1.54) is 12.1 Å². The molecule has 1 unspecified atom stereocenters. The predicted molar refractivity (Wildman–Crippen MR) is 119 cm³/mol. The van der Waals surface area contributed by atoms with E-state index in [4.69, 9.17) is 10.5 Å². The molecule has 0 bridgehead atoms. The predicted octanol–water partition coefficient (Wildman–Crippen LogP) is 6.37. The summed E-state index contributed by atoms with van der Waals surface area (Å²) in [6.45, 7) is 8.39. The van der Waals surface area contributed by atoms with Crippen LogP contribution >= 0.6 is 0 Å². The van der Waals surface area contributed by atoms with Crippen molar-refractivity contribution in [1.82, 2.24) is 0 Å². The molecule has 0 heterocycles. The van der Waals surface area contributed by atoms with Crippen molar-refractivity contribution in [3.8, 4) is 16.9 Å². The zero-order chi connectivity index (χ0) is 21.8. The van der Waals surface area contributed by atoms with Crippen LogP contribution in [-0.2, 0) is 0 Å². The van der Waals surface area contributed by atoms with Gasteiger partial charge >= 0.3 is 0 Å². The first-order valence-corrected chi connectivity index (χ1v) is 10.2. The van der Waals surface area contributed by atoms with Gasteiger partial charge in [-0.1, -0.05) is 38.1 Å². The summed E-state index contributed by atoms with van der Waals surface area (Å²) in [6, 6.07) is 17.9. The van der Waals surface area contributed by atoms with Gasteiger partial charge in [0.05, 0.1) is 0 Å². The Bertz CT molecular complexity index is 1000. The van der Waals surface area contributed by atoms with E-state index in [1.807, 2.05) is 38.1 Å². The summed E-state index contributed by atoms with van der Waals surface area (Å²) in [4.78, 5) is 11.4. The van der Waals surface area contributed by atoms with Crippen LogP contribution in [0.1, 0.15) is 53.4 Å². The molecule has 0 saturated heterocycles. The number of carbonyl (C=O) groups is 1. The number of hydrogen-bond acceptors (Lipinski definition) is 2. The maximum Gasteiger partial charge on any atom is 0.248 e. The molecule has 0 aliphatic heterocycles. The van der Waals surface area contributed by atoms with Gasteiger partial charge in [0, 0.05) is 5.56 Å². The van der Waals surface area contributed by atoms with Crippen molar-refractivity contribution in [1.29, 1.82) is 0 Å². The molecule has 0 fully saturated rings. The second-order valence-corrected chi connectivity index (χ2v) is 8.16. The number of halogens is 1. The Balaban J connectivity index is 1.91. The second kappa shape index (κ2) is 9.12. The Morgan fingerprint density at radius 2 is 1.53 bits per heavy atom. The van der Waals surface area contributed by atoms with Crippen molar-refractivity contribution in [3.63, 3.8) is 0 Å². The van der Waals surface area contributed by atoms with Crippen molar-refractivity contribution in [2.24, 2.45) is 11.7 Å². The van der Waals surface area contributed by atoms with E-state index in [2.05, 4.69) is 13.8 Å². The molecule has 3 aromatic rings. The minimum Gasteiger partial charge on any atom is -0.486 e. The molecule has 0 radical (unpaired) electrons. The Labute approximate surface area is 177 Å². The van der Waals surface area contributed by atoms with Gasteiger partial charge in [-0.15, -0.1) is 0 Å². The molecule has 30 heavy (non-hydrogen) atoms. The van der Waals surface area contributed by atoms with Gasteiger partial charge in [-0.05, 0) is 90.4 Å². The minimum atomic E-state index is -0.439. The quantitative estimate of drug-likeness (QED) is 0.496. The van der Waals surface area contributed by atoms with Crippen LogP contribution in [0.25, 0.3) is 11.1 Å². The summed E-state index contributed by atoms with van der Waals surface area (Å²) >= 11 is 0. The number of nitrogens with two attached hydrogens (primary N) is 1. The fraction of sp³-hybridized carbons (Fsp3) is 0.269. The zero-order valence-electron chi connectivity index (χ0n) is 17.9. The normalized spacial score (nSPS) is 12.1. The highest BCUT2D eigenvalue weighted by Crippen LogP contribution is 2.34. The molecule has 0 aliphatic carbocycles. The molecular formula is C26H28FNO2. The van der Waals surface area contributed by atoms with Crippen molar-refractivity contribution in [2.75, 3.05) is 0 Å². The first-order chi connectivity index (χ1) is 14.2. The molecule has 3 rings (SSSR count). The third-order valence-corrected chi connectivity index (χ3v) is 5.17. The van der Waals surface area contributed by atoms with Crippen LogP contribution in [-0.4, -0.2) is 5.91 Å². The van der Waals surface area contributed by atoms with Crippen LogP contribution in [0, 0.1) is 25.6 Å². The van der Waals surface area contributed by atoms with Crippen LogP contribution in [0.4, 0.5) is 4.39 Å². The maximum atomic E-state index is 13.3. The Morgan fingerprint density at radius 1 is 0.967 bits per heavy atom. The Morgan fingerprint density at radius 3 is 2.03 bits per heavy atom. The SMILES string of the molecule is Cc1cc(OC(CC(C)C)c2ccc(C(N)=O)cc2)cc(C)c1-c1ccc(F)cc1. The molecule has 0 saturated carbocycles. The van der Waals surface area contributed by atoms with Gasteiger partial charge < -0.3 is 10.5 Å². The lowest BCUT2D eigenvalue weighted by Gasteiger charge is -2.23. The molecule has 3 aromatic carbocycles. The summed E-state index contributed by atoms with van der Waals surface area (Å²) in [5, 5.41) is 0. The highest BCUT2D eigenvalue weighted by Gasteiger charge is 2.17. The molecule has 1 amide bonds. The summed E-state index contributed by atoms with van der Waals surface area (Å²) in [5.74, 6) is 0.547. The van der Waals surface area contributed by atoms with Crippen LogP contribution in [0.15, 0.2) is 60.7 Å². The topological polar surface area (TPSA) is 52.3 Å². The van der Waals surface area contributed by atoms with Crippen molar-refractivity contribution < 1.29 is 13.9 Å². The van der Waals surface area contributed by atoms with Gasteiger partial charge in [-0.3, -0.25) is 4.79 Å². The fourth-order valence-electron chi connectivity index (χ4n) is 3.77. The van der Waals surface area contributed by atoms with E-state index in [1.54, 1.807) is 24.3 Å². The Kier molecular flexibility index (Phi) is 6.56. The van der Waals surface area contributed by atoms with E-state index in [-0.39, 0.29) is 11.9 Å². The number of aryl methyl sites for hydroxylation is 2. The average molecular weight is 406 g/mol. The monoisotopic (exact) mass is 405 g/mol. The summed E-state index contributed by atoms with van der Waals surface area (Å²) in [5.41, 5.74) is 11.1. The van der Waals surface area contributed by atoms with Gasteiger partial charge in [-0.2, -0.15) is 0 Å². The van der Waals surface area contributed by atoms with Crippen LogP contribution < -0.4 is 10.5 Å². The lowest BCUT2D eigenvalue weighted by molar-refractivity contribution is 0.1000. The number of rotatable bonds is 7. The number of primary amides is 1. The van der Waals surface area contributed by atoms with Gasteiger partial charge in [0.15, 0.2) is 0 Å². The molecule has 0 aliphatic rings. The first kappa shape index (κ1) is 21.6. The van der Waals surface area contributed by atoms with E-state index in [0.717, 1.165) is 40.0 Å². The third kappa shape index (κ3) is 5.07. The van der Waals surface area contributed by atoms with Crippen molar-refractivity contribution in [3.05, 3.63) is 88.7 Å². The van der Waals surface area contributed by atoms with E-state index in [9.17, 15) is 9.18 Å². The number of amides is 1. The molecule has 2 N–H and O–H groups in total. The zero-order valence-corrected chi connectivity index (χ0v) is 17.9. The minimum absolute atomic E-state index is 0.137. The average Bonchev–Trinajstić information content (AvgIpc) is 2.68. The lowest BCUT2D eigenvalue weighted by atomic mass is 9.95. The smallest absolute Gasteiger partial charge is 0.248 e. The molecule has 3 nitrogen and oxygen atoms in total. The van der Waals surface area contributed by atoms with Crippen LogP contribution in [0.2, 0.25) is 0 Å². The number of hydrogen-bond donors (Lipinski definition) is 1. The van der Waals surface area contributed by atoms with Crippen molar-refractivity contribution >= 4 is 5.91 Å². The standard InChI is InChI=1S/C26H28FNO2/c1-16(2)13-24(19-5-7-21(8-6-19)26(28)29)30-23-14-17(3)25(18(4)15-23)20-9-11-22(27)12-10-20/h5-12,14-16,24H,13H2,1-4H3,(H2,28,29). The number of ether oxygens (including phenoxy) is 1. The fourth-order valence-corrected chi connectivity index (χ4v) is 3.77. The lowest BCUT2D eigenvalue weighted by Crippen LogP contribution is -2.13. The summed E-state index contributed by atoms with van der Waals surface area (Å²) in [6.07, 6.45) is 0.704. The number of benzene rings is 3. The first-order valence-electron chi connectivity index (χ1n) is 10.2. The van der Waals surface area contributed by atoms with Gasteiger partial charge in [0.1, 0.15) is 17.7 Å². The molecule has 0 aromatic heterocycles. The summed E-state index contributed by atoms with van der Waals surface area (Å²) < 4.78 is 19.7. The van der Waals surface area contributed by atoms with Gasteiger partial charge in [-0.25, -0.2) is 4.39 Å². The van der Waals surface area contributed by atoms with E-state index in [0.29, 0.717) is 11.5 Å². The summed E-state index contributed by atoms with van der Waals surface area (Å²) in [7, 11) is 0. The third-order valence-electron chi connectivity index (χ3n) is 5.17. The molecule has 4 heteroatoms. The molecule has 156 valence electrons. The molecule has 1 atom stereocenters. The Hall–Kier alpha value is -3.14. The van der Waals surface area contributed by atoms with E-state index < -0.39 is 5.91 Å². The van der Waals surface area contributed by atoms with Crippen LogP contribution in [0.5, 0.6) is 5.75 Å². The number of carbonyl (C=O) groups excluding carboxylic acids is 1. The van der Waals surface area contributed by atoms with Crippen LogP contribution in [0.3, 0.4) is 0 Å². The maximum absolute atomic E-state index is 13.3. The largest absolute Gasteiger partial charge is 0.486 e.